The molecule has 3 aromatic rings. The average Bonchev–Trinajstić information content (AvgIpc) is 3.21. The first-order valence-electron chi connectivity index (χ1n) is 8.69. The van der Waals surface area contributed by atoms with Crippen molar-refractivity contribution in [2.24, 2.45) is 0 Å². The van der Waals surface area contributed by atoms with Crippen LogP contribution in [0, 0.1) is 0 Å². The van der Waals surface area contributed by atoms with E-state index in [9.17, 15) is 9.59 Å². The molecule has 26 heavy (non-hydrogen) atoms. The molecule has 1 aliphatic carbocycles. The van der Waals surface area contributed by atoms with Crippen LogP contribution in [-0.4, -0.2) is 28.2 Å². The second-order valence-electron chi connectivity index (χ2n) is 6.46. The van der Waals surface area contributed by atoms with Crippen LogP contribution in [0.5, 0.6) is 0 Å². The van der Waals surface area contributed by atoms with Gasteiger partial charge in [0.1, 0.15) is 5.82 Å². The summed E-state index contributed by atoms with van der Waals surface area (Å²) >= 11 is 5.98. The number of aromatic amines is 1. The van der Waals surface area contributed by atoms with Gasteiger partial charge in [-0.1, -0.05) is 23.7 Å². The van der Waals surface area contributed by atoms with Crippen LogP contribution in [0.2, 0.25) is 5.02 Å². The van der Waals surface area contributed by atoms with Crippen LogP contribution in [0.4, 0.5) is 0 Å². The molecule has 2 aromatic carbocycles. The number of amides is 1. The Morgan fingerprint density at radius 2 is 2.12 bits per heavy atom. The first-order chi connectivity index (χ1) is 12.6. The van der Waals surface area contributed by atoms with Gasteiger partial charge in [0.2, 0.25) is 0 Å². The van der Waals surface area contributed by atoms with Gasteiger partial charge < -0.3 is 10.3 Å². The van der Waals surface area contributed by atoms with Crippen molar-refractivity contribution in [1.82, 2.24) is 15.3 Å². The third-order valence-electron chi connectivity index (χ3n) is 4.69. The third kappa shape index (κ3) is 3.22. The SMILES string of the molecule is O=C1CCc2c1cccc2C(=O)NCCCc1nc2ccc(Cl)cc2[nH]1. The zero-order valence-corrected chi connectivity index (χ0v) is 14.9. The number of aryl methyl sites for hydroxylation is 1. The Labute approximate surface area is 155 Å². The molecule has 4 rings (SSSR count). The van der Waals surface area contributed by atoms with Crippen LogP contribution in [0.3, 0.4) is 0 Å². The van der Waals surface area contributed by atoms with Crippen molar-refractivity contribution in [1.29, 1.82) is 0 Å². The molecule has 132 valence electrons. The number of halogens is 1. The number of imidazole rings is 1. The number of Topliss-reactive ketones (excluding diaryl/α,β-unsaturated/α-hetero) is 1. The van der Waals surface area contributed by atoms with Gasteiger partial charge in [0, 0.05) is 35.5 Å². The number of H-pyrrole nitrogens is 1. The Morgan fingerprint density at radius 3 is 3.00 bits per heavy atom. The lowest BCUT2D eigenvalue weighted by Gasteiger charge is -2.08. The highest BCUT2D eigenvalue weighted by Gasteiger charge is 2.24. The highest BCUT2D eigenvalue weighted by Crippen LogP contribution is 2.25. The van der Waals surface area contributed by atoms with Gasteiger partial charge in [-0.25, -0.2) is 4.98 Å². The zero-order chi connectivity index (χ0) is 18.1. The molecule has 2 N–H and O–H groups in total. The predicted octanol–water partition coefficient (Wildman–Crippen LogP) is 3.71. The molecule has 5 nitrogen and oxygen atoms in total. The first kappa shape index (κ1) is 16.8. The van der Waals surface area contributed by atoms with Crippen LogP contribution < -0.4 is 5.32 Å². The maximum Gasteiger partial charge on any atom is 0.251 e. The number of ketones is 1. The molecule has 0 atom stereocenters. The minimum Gasteiger partial charge on any atom is -0.352 e. The van der Waals surface area contributed by atoms with E-state index in [4.69, 9.17) is 11.6 Å². The summed E-state index contributed by atoms with van der Waals surface area (Å²) in [6.07, 6.45) is 2.65. The number of benzene rings is 2. The van der Waals surface area contributed by atoms with Crippen molar-refractivity contribution in [3.8, 4) is 0 Å². The maximum atomic E-state index is 12.4. The van der Waals surface area contributed by atoms with E-state index in [2.05, 4.69) is 15.3 Å². The van der Waals surface area contributed by atoms with E-state index in [1.807, 2.05) is 18.2 Å². The number of fused-ring (bicyclic) bond motifs is 2. The number of aromatic nitrogens is 2. The molecule has 0 fully saturated rings. The number of rotatable bonds is 5. The van der Waals surface area contributed by atoms with Gasteiger partial charge >= 0.3 is 0 Å². The lowest BCUT2D eigenvalue weighted by Crippen LogP contribution is -2.26. The Bertz CT molecular complexity index is 1010. The van der Waals surface area contributed by atoms with Gasteiger partial charge in [-0.15, -0.1) is 0 Å². The van der Waals surface area contributed by atoms with Crippen LogP contribution in [0.1, 0.15) is 44.9 Å². The van der Waals surface area contributed by atoms with E-state index < -0.39 is 0 Å². The fraction of sp³-hybridized carbons (Fsp3) is 0.250. The Kier molecular flexibility index (Phi) is 4.47. The fourth-order valence-electron chi connectivity index (χ4n) is 3.41. The molecule has 1 aliphatic rings. The van der Waals surface area contributed by atoms with Crippen LogP contribution in [0.25, 0.3) is 11.0 Å². The van der Waals surface area contributed by atoms with E-state index in [0.29, 0.717) is 35.5 Å². The van der Waals surface area contributed by atoms with Crippen molar-refractivity contribution >= 4 is 34.3 Å². The summed E-state index contributed by atoms with van der Waals surface area (Å²) in [4.78, 5) is 32.0. The molecule has 0 saturated heterocycles. The van der Waals surface area contributed by atoms with Crippen molar-refractivity contribution in [3.05, 3.63) is 63.9 Å². The number of nitrogens with zero attached hydrogens (tertiary/aromatic N) is 1. The molecule has 0 saturated carbocycles. The molecule has 0 aliphatic heterocycles. The average molecular weight is 368 g/mol. The molecule has 6 heteroatoms. The summed E-state index contributed by atoms with van der Waals surface area (Å²) in [7, 11) is 0. The Hall–Kier alpha value is -2.66. The lowest BCUT2D eigenvalue weighted by atomic mass is 10.0. The number of nitrogens with one attached hydrogen (secondary N) is 2. The minimum absolute atomic E-state index is 0.118. The number of carbonyl (C=O) groups is 2. The van der Waals surface area contributed by atoms with E-state index in [-0.39, 0.29) is 11.7 Å². The standard InChI is InChI=1S/C20H18ClN3O2/c21-12-6-8-16-17(11-12)24-19(23-16)5-2-10-22-20(26)15-4-1-3-14-13(15)7-9-18(14)25/h1,3-4,6,8,11H,2,5,7,9-10H2,(H,22,26)(H,23,24). The molecular formula is C20H18ClN3O2. The summed E-state index contributed by atoms with van der Waals surface area (Å²) in [6, 6.07) is 10.9. The van der Waals surface area contributed by atoms with Crippen molar-refractivity contribution < 1.29 is 9.59 Å². The van der Waals surface area contributed by atoms with Crippen molar-refractivity contribution in [2.45, 2.75) is 25.7 Å². The van der Waals surface area contributed by atoms with Gasteiger partial charge in [-0.2, -0.15) is 0 Å². The third-order valence-corrected chi connectivity index (χ3v) is 4.93. The largest absolute Gasteiger partial charge is 0.352 e. The highest BCUT2D eigenvalue weighted by molar-refractivity contribution is 6.31. The second-order valence-corrected chi connectivity index (χ2v) is 6.90. The van der Waals surface area contributed by atoms with Crippen LogP contribution in [0.15, 0.2) is 36.4 Å². The Balaban J connectivity index is 1.35. The van der Waals surface area contributed by atoms with E-state index in [1.165, 1.54) is 0 Å². The second kappa shape index (κ2) is 6.92. The van der Waals surface area contributed by atoms with Crippen molar-refractivity contribution in [2.75, 3.05) is 6.54 Å². The maximum absolute atomic E-state index is 12.4. The normalized spacial score (nSPS) is 13.2. The molecule has 1 aromatic heterocycles. The quantitative estimate of drug-likeness (QED) is 0.675. The van der Waals surface area contributed by atoms with E-state index >= 15 is 0 Å². The molecule has 0 unspecified atom stereocenters. The topological polar surface area (TPSA) is 74.8 Å². The number of hydrogen-bond donors (Lipinski definition) is 2. The van der Waals surface area contributed by atoms with Crippen LogP contribution in [-0.2, 0) is 12.8 Å². The van der Waals surface area contributed by atoms with Gasteiger partial charge in [0.15, 0.2) is 5.78 Å². The summed E-state index contributed by atoms with van der Waals surface area (Å²) in [5, 5.41) is 3.62. The summed E-state index contributed by atoms with van der Waals surface area (Å²) in [6.45, 7) is 0.550. The molecule has 0 bridgehead atoms. The minimum atomic E-state index is -0.118. The number of hydrogen-bond acceptors (Lipinski definition) is 3. The summed E-state index contributed by atoms with van der Waals surface area (Å²) in [5.74, 6) is 0.885. The molecule has 0 radical (unpaired) electrons. The van der Waals surface area contributed by atoms with Gasteiger partial charge in [-0.3, -0.25) is 9.59 Å². The molecule has 1 heterocycles. The van der Waals surface area contributed by atoms with Gasteiger partial charge in [-0.05, 0) is 42.7 Å². The summed E-state index contributed by atoms with van der Waals surface area (Å²) < 4.78 is 0. The Morgan fingerprint density at radius 1 is 1.23 bits per heavy atom. The summed E-state index contributed by atoms with van der Waals surface area (Å²) in [5.41, 5.74) is 3.99. The lowest BCUT2D eigenvalue weighted by molar-refractivity contribution is 0.0951. The highest BCUT2D eigenvalue weighted by atomic mass is 35.5. The van der Waals surface area contributed by atoms with E-state index in [0.717, 1.165) is 35.3 Å². The van der Waals surface area contributed by atoms with Crippen LogP contribution >= 0.6 is 11.6 Å². The van der Waals surface area contributed by atoms with Gasteiger partial charge in [0.05, 0.1) is 11.0 Å². The van der Waals surface area contributed by atoms with Gasteiger partial charge in [0.25, 0.3) is 5.91 Å². The number of carbonyl (C=O) groups excluding carboxylic acids is 2. The molecular weight excluding hydrogens is 350 g/mol. The monoisotopic (exact) mass is 367 g/mol. The molecule has 0 spiro atoms. The first-order valence-corrected chi connectivity index (χ1v) is 9.07. The predicted molar refractivity (Wildman–Crippen MR) is 101 cm³/mol. The zero-order valence-electron chi connectivity index (χ0n) is 14.1. The van der Waals surface area contributed by atoms with Crippen molar-refractivity contribution in [3.63, 3.8) is 0 Å². The fourth-order valence-corrected chi connectivity index (χ4v) is 3.58. The smallest absolute Gasteiger partial charge is 0.251 e. The van der Waals surface area contributed by atoms with E-state index in [1.54, 1.807) is 18.2 Å². The molecule has 1 amide bonds.